The number of nitrogens with zero attached hydrogens (tertiary/aromatic N) is 1. The second-order valence-corrected chi connectivity index (χ2v) is 8.02. The number of methoxy groups -OCH3 is 1. The first-order chi connectivity index (χ1) is 11.0. The van der Waals surface area contributed by atoms with Gasteiger partial charge in [0, 0.05) is 18.3 Å². The normalized spacial score (nSPS) is 36.0. The standard InChI is InChI=1S/C19H24ClNO2/c1-19-9-7-15-14-6-4-13(23-2)11-12(14)3-5-16(15)17(19)8-10-21(20)18(19)22/h4,6,11,15-17H,3,5,7-10H2,1-2H3/t15-,16-,17+,19+/m1/s1. The van der Waals surface area contributed by atoms with Crippen molar-refractivity contribution in [1.82, 2.24) is 4.42 Å². The fraction of sp³-hybridized carbons (Fsp3) is 0.632. The van der Waals surface area contributed by atoms with Crippen LogP contribution in [0.5, 0.6) is 5.75 Å². The molecule has 4 rings (SSSR count). The van der Waals surface area contributed by atoms with E-state index in [0.29, 0.717) is 24.3 Å². The summed E-state index contributed by atoms with van der Waals surface area (Å²) in [6.07, 6.45) is 5.36. The maximum Gasteiger partial charge on any atom is 0.243 e. The van der Waals surface area contributed by atoms with Crippen molar-refractivity contribution in [3.05, 3.63) is 29.3 Å². The number of hydrogen-bond donors (Lipinski definition) is 0. The second kappa shape index (κ2) is 5.41. The van der Waals surface area contributed by atoms with Crippen molar-refractivity contribution < 1.29 is 9.53 Å². The second-order valence-electron chi connectivity index (χ2n) is 7.62. The third-order valence-corrected chi connectivity index (χ3v) is 6.99. The number of rotatable bonds is 1. The van der Waals surface area contributed by atoms with Crippen LogP contribution in [-0.4, -0.2) is 24.0 Å². The Morgan fingerprint density at radius 3 is 2.91 bits per heavy atom. The summed E-state index contributed by atoms with van der Waals surface area (Å²) in [5, 5.41) is 0. The Labute approximate surface area is 143 Å². The van der Waals surface area contributed by atoms with Crippen LogP contribution in [-0.2, 0) is 11.2 Å². The van der Waals surface area contributed by atoms with Gasteiger partial charge in [-0.1, -0.05) is 13.0 Å². The summed E-state index contributed by atoms with van der Waals surface area (Å²) in [7, 11) is 1.73. The van der Waals surface area contributed by atoms with E-state index in [1.54, 1.807) is 7.11 Å². The molecular formula is C19H24ClNO2. The first kappa shape index (κ1) is 15.3. The summed E-state index contributed by atoms with van der Waals surface area (Å²) in [5.41, 5.74) is 2.67. The van der Waals surface area contributed by atoms with Gasteiger partial charge in [-0.3, -0.25) is 9.21 Å². The number of aryl methyl sites for hydroxylation is 1. The number of benzene rings is 1. The Hall–Kier alpha value is -1.22. The molecule has 0 spiro atoms. The SMILES string of the molecule is COc1ccc2c(c1)CC[C@@H]1[C@@H]2CC[C@]2(C)C(=O)N(Cl)CC[C@@H]12. The van der Waals surface area contributed by atoms with Crippen LogP contribution in [0.4, 0.5) is 0 Å². The molecule has 2 fully saturated rings. The fourth-order valence-corrected chi connectivity index (χ4v) is 5.73. The quantitative estimate of drug-likeness (QED) is 0.723. The lowest BCUT2D eigenvalue weighted by atomic mass is 9.52. The summed E-state index contributed by atoms with van der Waals surface area (Å²) in [5.74, 6) is 2.78. The largest absolute Gasteiger partial charge is 0.497 e. The summed E-state index contributed by atoms with van der Waals surface area (Å²) in [6.45, 7) is 2.84. The molecule has 1 aromatic rings. The van der Waals surface area contributed by atoms with Gasteiger partial charge in [-0.05, 0) is 73.1 Å². The average molecular weight is 334 g/mol. The molecule has 0 bridgehead atoms. The summed E-state index contributed by atoms with van der Waals surface area (Å²) in [6, 6.07) is 6.54. The van der Waals surface area contributed by atoms with Crippen LogP contribution in [0.1, 0.15) is 49.7 Å². The summed E-state index contributed by atoms with van der Waals surface area (Å²) in [4.78, 5) is 12.7. The van der Waals surface area contributed by atoms with Crippen LogP contribution in [0, 0.1) is 17.3 Å². The predicted octanol–water partition coefficient (Wildman–Crippen LogP) is 4.14. The number of fused-ring (bicyclic) bond motifs is 5. The van der Waals surface area contributed by atoms with E-state index < -0.39 is 0 Å². The Morgan fingerprint density at radius 2 is 2.13 bits per heavy atom. The van der Waals surface area contributed by atoms with E-state index >= 15 is 0 Å². The van der Waals surface area contributed by atoms with Gasteiger partial charge in [0.05, 0.1) is 12.5 Å². The van der Waals surface area contributed by atoms with E-state index in [0.717, 1.165) is 31.4 Å². The monoisotopic (exact) mass is 333 g/mol. The molecule has 1 aromatic carbocycles. The van der Waals surface area contributed by atoms with E-state index in [9.17, 15) is 4.79 Å². The highest BCUT2D eigenvalue weighted by molar-refractivity contribution is 6.22. The number of ether oxygens (including phenoxy) is 1. The molecule has 1 aliphatic heterocycles. The Bertz CT molecular complexity index is 646. The highest BCUT2D eigenvalue weighted by Crippen LogP contribution is 2.58. The molecular weight excluding hydrogens is 310 g/mol. The van der Waals surface area contributed by atoms with Crippen molar-refractivity contribution in [2.24, 2.45) is 17.3 Å². The van der Waals surface area contributed by atoms with Gasteiger partial charge in [0.15, 0.2) is 0 Å². The van der Waals surface area contributed by atoms with Crippen molar-refractivity contribution in [1.29, 1.82) is 0 Å². The number of carbonyl (C=O) groups excluding carboxylic acids is 1. The molecule has 4 heteroatoms. The van der Waals surface area contributed by atoms with Crippen molar-refractivity contribution in [3.8, 4) is 5.75 Å². The maximum absolute atomic E-state index is 12.7. The maximum atomic E-state index is 12.7. The minimum Gasteiger partial charge on any atom is -0.497 e. The van der Waals surface area contributed by atoms with Crippen LogP contribution < -0.4 is 4.74 Å². The van der Waals surface area contributed by atoms with Crippen LogP contribution in [0.3, 0.4) is 0 Å². The zero-order valence-corrected chi connectivity index (χ0v) is 14.6. The predicted molar refractivity (Wildman–Crippen MR) is 90.6 cm³/mol. The molecule has 0 radical (unpaired) electrons. The van der Waals surface area contributed by atoms with Crippen LogP contribution in [0.25, 0.3) is 0 Å². The highest BCUT2D eigenvalue weighted by Gasteiger charge is 2.54. The lowest BCUT2D eigenvalue weighted by Crippen LogP contribution is -2.54. The molecule has 4 atom stereocenters. The number of amides is 1. The molecule has 1 saturated heterocycles. The van der Waals surface area contributed by atoms with E-state index in [4.69, 9.17) is 16.5 Å². The van der Waals surface area contributed by atoms with Gasteiger partial charge in [-0.2, -0.15) is 0 Å². The van der Waals surface area contributed by atoms with E-state index in [1.165, 1.54) is 22.0 Å². The third kappa shape index (κ3) is 2.20. The third-order valence-electron chi connectivity index (χ3n) is 6.67. The molecule has 23 heavy (non-hydrogen) atoms. The van der Waals surface area contributed by atoms with Gasteiger partial charge in [-0.25, -0.2) is 0 Å². The van der Waals surface area contributed by atoms with Crippen molar-refractivity contribution in [3.63, 3.8) is 0 Å². The zero-order chi connectivity index (χ0) is 16.2. The lowest BCUT2D eigenvalue weighted by molar-refractivity contribution is -0.150. The van der Waals surface area contributed by atoms with Crippen LogP contribution >= 0.6 is 11.8 Å². The number of halogens is 1. The van der Waals surface area contributed by atoms with Gasteiger partial charge in [0.2, 0.25) is 5.91 Å². The molecule has 3 nitrogen and oxygen atoms in total. The smallest absolute Gasteiger partial charge is 0.243 e. The summed E-state index contributed by atoms with van der Waals surface area (Å²) >= 11 is 6.14. The molecule has 1 saturated carbocycles. The average Bonchev–Trinajstić information content (AvgIpc) is 2.57. The van der Waals surface area contributed by atoms with Crippen molar-refractivity contribution >= 4 is 17.7 Å². The van der Waals surface area contributed by atoms with Crippen molar-refractivity contribution in [2.75, 3.05) is 13.7 Å². The Morgan fingerprint density at radius 1 is 1.30 bits per heavy atom. The molecule has 0 N–H and O–H groups in total. The molecule has 2 aliphatic carbocycles. The Balaban J connectivity index is 1.68. The number of hydrogen-bond acceptors (Lipinski definition) is 2. The molecule has 0 aromatic heterocycles. The minimum absolute atomic E-state index is 0.148. The van der Waals surface area contributed by atoms with E-state index in [1.807, 2.05) is 0 Å². The van der Waals surface area contributed by atoms with Crippen molar-refractivity contribution in [2.45, 2.75) is 44.9 Å². The number of carbonyl (C=O) groups is 1. The van der Waals surface area contributed by atoms with Gasteiger partial charge < -0.3 is 4.74 Å². The summed E-state index contributed by atoms with van der Waals surface area (Å²) < 4.78 is 6.81. The van der Waals surface area contributed by atoms with Gasteiger partial charge in [-0.15, -0.1) is 0 Å². The van der Waals surface area contributed by atoms with Gasteiger partial charge >= 0.3 is 0 Å². The minimum atomic E-state index is -0.259. The van der Waals surface area contributed by atoms with E-state index in [-0.39, 0.29) is 11.3 Å². The topological polar surface area (TPSA) is 29.5 Å². The van der Waals surface area contributed by atoms with E-state index in [2.05, 4.69) is 25.1 Å². The first-order valence-corrected chi connectivity index (χ1v) is 9.03. The molecule has 1 amide bonds. The molecule has 1 heterocycles. The van der Waals surface area contributed by atoms with Gasteiger partial charge in [0.1, 0.15) is 5.75 Å². The molecule has 124 valence electrons. The Kier molecular flexibility index (Phi) is 3.60. The van der Waals surface area contributed by atoms with Crippen LogP contribution in [0.2, 0.25) is 0 Å². The zero-order valence-electron chi connectivity index (χ0n) is 13.8. The number of piperidine rings is 1. The first-order valence-electron chi connectivity index (χ1n) is 8.69. The van der Waals surface area contributed by atoms with Crippen LogP contribution in [0.15, 0.2) is 18.2 Å². The fourth-order valence-electron chi connectivity index (χ4n) is 5.44. The van der Waals surface area contributed by atoms with Gasteiger partial charge in [0.25, 0.3) is 0 Å². The molecule has 3 aliphatic rings. The lowest BCUT2D eigenvalue weighted by Gasteiger charge is -2.54. The molecule has 0 unspecified atom stereocenters. The highest BCUT2D eigenvalue weighted by atomic mass is 35.5.